The molecule has 10 nitrogen and oxygen atoms in total. The maximum atomic E-state index is 11.9. The molecule has 4 saturated heterocycles. The lowest BCUT2D eigenvalue weighted by molar-refractivity contribution is -0.120. The molecular formula is C40H42Cl2N6O4. The van der Waals surface area contributed by atoms with Crippen LogP contribution in [-0.4, -0.2) is 84.1 Å². The van der Waals surface area contributed by atoms with Crippen LogP contribution in [0.25, 0.3) is 33.6 Å². The Morgan fingerprint density at radius 2 is 1.08 bits per heavy atom. The molecule has 0 bridgehead atoms. The number of fused-ring (bicyclic) bond motifs is 2. The number of benzene rings is 2. The van der Waals surface area contributed by atoms with Gasteiger partial charge in [0.05, 0.1) is 35.7 Å². The van der Waals surface area contributed by atoms with Crippen LogP contribution < -0.4 is 20.1 Å². The van der Waals surface area contributed by atoms with Crippen molar-refractivity contribution in [3.8, 4) is 45.4 Å². The third-order valence-electron chi connectivity index (χ3n) is 11.2. The van der Waals surface area contributed by atoms with E-state index in [1.165, 1.54) is 0 Å². The van der Waals surface area contributed by atoms with E-state index >= 15 is 0 Å². The molecule has 2 N–H and O–H groups in total. The smallest absolute Gasteiger partial charge is 0.220 e. The predicted octanol–water partition coefficient (Wildman–Crippen LogP) is 6.22. The molecule has 6 heterocycles. The first-order chi connectivity index (χ1) is 25.3. The summed E-state index contributed by atoms with van der Waals surface area (Å²) < 4.78 is 11.5. The van der Waals surface area contributed by atoms with E-state index in [1.54, 1.807) is 14.2 Å². The fraction of sp³-hybridized carbons (Fsp3) is 0.400. The molecule has 4 aromatic rings. The molecule has 2 aromatic heterocycles. The Labute approximate surface area is 313 Å². The normalized spacial score (nSPS) is 23.2. The van der Waals surface area contributed by atoms with Gasteiger partial charge in [-0.2, -0.15) is 0 Å². The highest BCUT2D eigenvalue weighted by molar-refractivity contribution is 6.39. The van der Waals surface area contributed by atoms with Crippen molar-refractivity contribution in [1.82, 2.24) is 30.4 Å². The number of halogens is 2. The molecule has 0 aliphatic carbocycles. The number of ether oxygens (including phenoxy) is 2. The Hall–Kier alpha value is -4.22. The Morgan fingerprint density at radius 3 is 1.50 bits per heavy atom. The second-order valence-electron chi connectivity index (χ2n) is 14.4. The Balaban J connectivity index is 1.02. The molecule has 2 aromatic carbocycles. The number of nitrogens with zero attached hydrogens (tertiary/aromatic N) is 4. The third-order valence-corrected chi connectivity index (χ3v) is 12.0. The number of likely N-dealkylation sites (tertiary alicyclic amines) is 2. The Bertz CT molecular complexity index is 1880. The predicted molar refractivity (Wildman–Crippen MR) is 201 cm³/mol. The number of hydrogen-bond donors (Lipinski definition) is 2. The summed E-state index contributed by atoms with van der Waals surface area (Å²) in [6.07, 6.45) is 3.27. The van der Waals surface area contributed by atoms with E-state index < -0.39 is 0 Å². The minimum Gasteiger partial charge on any atom is -0.481 e. The van der Waals surface area contributed by atoms with Crippen LogP contribution in [0.5, 0.6) is 11.8 Å². The minimum atomic E-state index is 0.156. The molecule has 0 unspecified atom stereocenters. The first-order valence-corrected chi connectivity index (χ1v) is 18.7. The molecular weight excluding hydrogens is 699 g/mol. The highest BCUT2D eigenvalue weighted by Gasteiger charge is 2.38. The van der Waals surface area contributed by atoms with Crippen LogP contribution in [0, 0.1) is 11.8 Å². The number of amides is 2. The molecule has 8 rings (SSSR count). The zero-order valence-electron chi connectivity index (χ0n) is 29.3. The van der Waals surface area contributed by atoms with Crippen LogP contribution in [0.2, 0.25) is 10.0 Å². The van der Waals surface area contributed by atoms with Crippen molar-refractivity contribution in [3.05, 3.63) is 81.8 Å². The van der Waals surface area contributed by atoms with Crippen molar-refractivity contribution in [2.45, 2.75) is 50.9 Å². The number of nitrogens with one attached hydrogen (secondary N) is 2. The largest absolute Gasteiger partial charge is 0.481 e. The molecule has 270 valence electrons. The number of hydrogen-bond acceptors (Lipinski definition) is 8. The Kier molecular flexibility index (Phi) is 9.82. The lowest BCUT2D eigenvalue weighted by Crippen LogP contribution is -2.46. The van der Waals surface area contributed by atoms with Crippen molar-refractivity contribution in [1.29, 1.82) is 0 Å². The van der Waals surface area contributed by atoms with Gasteiger partial charge in [-0.3, -0.25) is 19.4 Å². The summed E-state index contributed by atoms with van der Waals surface area (Å²) in [4.78, 5) is 38.3. The SMILES string of the molecule is COc1nc(-c2cccc(-c3cccc(-c4ccc(CN5CC[C@@H]6CC(=O)N[C@@H]6C5)c(OC)n4)c3Cl)c2Cl)ccc1CN1CC[C@H]2CC(=O)N[C@H]2C1. The summed E-state index contributed by atoms with van der Waals surface area (Å²) in [7, 11) is 3.27. The average Bonchev–Trinajstić information content (AvgIpc) is 3.72. The van der Waals surface area contributed by atoms with Crippen LogP contribution in [0.1, 0.15) is 36.8 Å². The minimum absolute atomic E-state index is 0.156. The zero-order valence-corrected chi connectivity index (χ0v) is 30.8. The van der Waals surface area contributed by atoms with Crippen LogP contribution in [-0.2, 0) is 22.7 Å². The number of aromatic nitrogens is 2. The van der Waals surface area contributed by atoms with Gasteiger partial charge in [0.2, 0.25) is 23.6 Å². The highest BCUT2D eigenvalue weighted by atomic mass is 35.5. The zero-order chi connectivity index (χ0) is 35.9. The molecule has 0 spiro atoms. The quantitative estimate of drug-likeness (QED) is 0.208. The summed E-state index contributed by atoms with van der Waals surface area (Å²) in [5, 5.41) is 7.32. The number of rotatable bonds is 9. The maximum absolute atomic E-state index is 11.9. The molecule has 52 heavy (non-hydrogen) atoms. The van der Waals surface area contributed by atoms with Crippen molar-refractivity contribution in [2.75, 3.05) is 40.4 Å². The number of carbonyl (C=O) groups excluding carboxylic acids is 2. The molecule has 4 atom stereocenters. The van der Waals surface area contributed by atoms with E-state index in [2.05, 4.69) is 20.4 Å². The van der Waals surface area contributed by atoms with Gasteiger partial charge in [0.15, 0.2) is 0 Å². The summed E-state index contributed by atoms with van der Waals surface area (Å²) in [5.41, 5.74) is 6.46. The highest BCUT2D eigenvalue weighted by Crippen LogP contribution is 2.43. The van der Waals surface area contributed by atoms with Crippen molar-refractivity contribution in [2.24, 2.45) is 11.8 Å². The van der Waals surface area contributed by atoms with E-state index in [-0.39, 0.29) is 23.9 Å². The average molecular weight is 742 g/mol. The molecule has 2 amide bonds. The number of carbonyl (C=O) groups is 2. The van der Waals surface area contributed by atoms with E-state index in [9.17, 15) is 9.59 Å². The van der Waals surface area contributed by atoms with Crippen LogP contribution >= 0.6 is 23.2 Å². The summed E-state index contributed by atoms with van der Waals surface area (Å²) >= 11 is 14.3. The fourth-order valence-electron chi connectivity index (χ4n) is 8.44. The number of pyridine rings is 2. The van der Waals surface area contributed by atoms with Gasteiger partial charge in [-0.05, 0) is 49.9 Å². The van der Waals surface area contributed by atoms with E-state index in [4.69, 9.17) is 42.6 Å². The van der Waals surface area contributed by atoms with Crippen molar-refractivity contribution >= 4 is 35.0 Å². The number of methoxy groups -OCH3 is 2. The van der Waals surface area contributed by atoms with Gasteiger partial charge in [-0.1, -0.05) is 71.7 Å². The lowest BCUT2D eigenvalue weighted by Gasteiger charge is -2.34. The monoisotopic (exact) mass is 740 g/mol. The van der Waals surface area contributed by atoms with Crippen LogP contribution in [0.15, 0.2) is 60.7 Å². The topological polar surface area (TPSA) is 109 Å². The summed E-state index contributed by atoms with van der Waals surface area (Å²) in [6, 6.07) is 20.2. The van der Waals surface area contributed by atoms with Crippen LogP contribution in [0.4, 0.5) is 0 Å². The molecule has 0 radical (unpaired) electrons. The van der Waals surface area contributed by atoms with Gasteiger partial charge in [-0.15, -0.1) is 0 Å². The van der Waals surface area contributed by atoms with Gasteiger partial charge in [0.1, 0.15) is 0 Å². The van der Waals surface area contributed by atoms with E-state index in [1.807, 2.05) is 60.7 Å². The number of piperidine rings is 2. The molecule has 12 heteroatoms. The van der Waals surface area contributed by atoms with Crippen molar-refractivity contribution in [3.63, 3.8) is 0 Å². The van der Waals surface area contributed by atoms with Gasteiger partial charge >= 0.3 is 0 Å². The lowest BCUT2D eigenvalue weighted by atomic mass is 9.92. The molecule has 4 aliphatic rings. The van der Waals surface area contributed by atoms with Crippen molar-refractivity contribution < 1.29 is 19.1 Å². The summed E-state index contributed by atoms with van der Waals surface area (Å²) in [5.74, 6) is 2.27. The molecule has 0 saturated carbocycles. The summed E-state index contributed by atoms with van der Waals surface area (Å²) in [6.45, 7) is 4.88. The van der Waals surface area contributed by atoms with Crippen LogP contribution in [0.3, 0.4) is 0 Å². The second kappa shape index (κ2) is 14.7. The first kappa shape index (κ1) is 34.8. The molecule has 4 fully saturated rings. The molecule has 4 aliphatic heterocycles. The maximum Gasteiger partial charge on any atom is 0.220 e. The standard InChI is InChI=1S/C40H42Cl2N6O4/c1-51-39-25(19-47-15-13-23-17-35(49)43-33(23)21-47)9-11-31(45-39)29-7-3-5-27(37(29)41)28-6-4-8-30(38(28)42)32-12-10-26(40(46-32)52-2)20-48-16-14-24-18-36(50)44-34(24)22-48/h3-12,23-24,33-34H,13-22H2,1-2H3,(H,43,49)(H,44,50)/t23-,24+,33-,34+. The first-order valence-electron chi connectivity index (χ1n) is 18.0. The second-order valence-corrected chi connectivity index (χ2v) is 15.1. The third kappa shape index (κ3) is 6.85. The van der Waals surface area contributed by atoms with Gasteiger partial charge < -0.3 is 20.1 Å². The van der Waals surface area contributed by atoms with Gasteiger partial charge in [0, 0.05) is 84.5 Å². The Morgan fingerprint density at radius 1 is 0.654 bits per heavy atom. The van der Waals surface area contributed by atoms with E-state index in [0.29, 0.717) is 71.0 Å². The van der Waals surface area contributed by atoms with E-state index in [0.717, 1.165) is 72.4 Å². The fourth-order valence-corrected chi connectivity index (χ4v) is 9.09. The van der Waals surface area contributed by atoms with Gasteiger partial charge in [0.25, 0.3) is 0 Å². The van der Waals surface area contributed by atoms with Gasteiger partial charge in [-0.25, -0.2) is 9.97 Å².